The molecule has 136 valence electrons. The first-order valence-corrected chi connectivity index (χ1v) is 9.70. The number of carbonyl (C=O) groups excluding carboxylic acids is 1. The highest BCUT2D eigenvalue weighted by Crippen LogP contribution is 2.32. The van der Waals surface area contributed by atoms with E-state index in [-0.39, 0.29) is 11.9 Å². The van der Waals surface area contributed by atoms with Gasteiger partial charge >= 0.3 is 0 Å². The van der Waals surface area contributed by atoms with Gasteiger partial charge in [0.1, 0.15) is 5.69 Å². The Bertz CT molecular complexity index is 942. The lowest BCUT2D eigenvalue weighted by Gasteiger charge is -2.36. The Morgan fingerprint density at radius 2 is 1.70 bits per heavy atom. The molecule has 2 aromatic carbocycles. The van der Waals surface area contributed by atoms with E-state index in [2.05, 4.69) is 17.1 Å². The zero-order valence-corrected chi connectivity index (χ0v) is 15.8. The number of hydrogen-bond donors (Lipinski definition) is 0. The first kappa shape index (κ1) is 17.7. The Hall–Kier alpha value is -2.65. The molecule has 1 atom stereocenters. The maximum absolute atomic E-state index is 13.3. The molecule has 1 fully saturated rings. The third kappa shape index (κ3) is 3.74. The molecule has 4 rings (SSSR count). The number of amides is 1. The fraction of sp³-hybridized carbons (Fsp3) is 0.217. The quantitative estimate of drug-likeness (QED) is 0.581. The summed E-state index contributed by atoms with van der Waals surface area (Å²) in [5.41, 5.74) is 3.22. The Morgan fingerprint density at radius 3 is 2.52 bits per heavy atom. The van der Waals surface area contributed by atoms with Gasteiger partial charge in [0.05, 0.1) is 11.7 Å². The normalized spacial score (nSPS) is 16.9. The SMILES string of the molecule is O=C(c1cccc(-c2ccccc2Cl)n1)N1CCCCC1c1ccccc1. The molecule has 0 N–H and O–H groups in total. The number of pyridine rings is 1. The lowest BCUT2D eigenvalue weighted by atomic mass is 9.95. The third-order valence-electron chi connectivity index (χ3n) is 5.07. The largest absolute Gasteiger partial charge is 0.330 e. The molecule has 1 aromatic heterocycles. The Balaban J connectivity index is 1.66. The van der Waals surface area contributed by atoms with Gasteiger partial charge in [-0.15, -0.1) is 0 Å². The van der Waals surface area contributed by atoms with Crippen LogP contribution in [0.1, 0.15) is 41.4 Å². The van der Waals surface area contributed by atoms with E-state index in [1.807, 2.05) is 59.5 Å². The molecular weight excluding hydrogens is 356 g/mol. The van der Waals surface area contributed by atoms with E-state index >= 15 is 0 Å². The number of likely N-dealkylation sites (tertiary alicyclic amines) is 1. The molecule has 4 heteroatoms. The second-order valence-corrected chi connectivity index (χ2v) is 7.22. The highest BCUT2D eigenvalue weighted by atomic mass is 35.5. The predicted octanol–water partition coefficient (Wildman–Crippen LogP) is 5.77. The first-order chi connectivity index (χ1) is 13.2. The van der Waals surface area contributed by atoms with Crippen molar-refractivity contribution in [2.45, 2.75) is 25.3 Å². The molecule has 3 aromatic rings. The van der Waals surface area contributed by atoms with Crippen LogP contribution in [0.2, 0.25) is 5.02 Å². The number of piperidine rings is 1. The van der Waals surface area contributed by atoms with Crippen molar-refractivity contribution >= 4 is 17.5 Å². The van der Waals surface area contributed by atoms with Crippen LogP contribution >= 0.6 is 11.6 Å². The van der Waals surface area contributed by atoms with Crippen LogP contribution in [0.15, 0.2) is 72.8 Å². The second kappa shape index (κ2) is 7.93. The van der Waals surface area contributed by atoms with E-state index in [0.29, 0.717) is 10.7 Å². The van der Waals surface area contributed by atoms with Crippen molar-refractivity contribution in [1.29, 1.82) is 0 Å². The molecule has 1 amide bonds. The Labute approximate surface area is 164 Å². The van der Waals surface area contributed by atoms with Gasteiger partial charge in [-0.05, 0) is 43.0 Å². The van der Waals surface area contributed by atoms with Gasteiger partial charge in [0.2, 0.25) is 0 Å². The molecule has 0 radical (unpaired) electrons. The summed E-state index contributed by atoms with van der Waals surface area (Å²) in [6.07, 6.45) is 3.15. The first-order valence-electron chi connectivity index (χ1n) is 9.32. The van der Waals surface area contributed by atoms with E-state index < -0.39 is 0 Å². The number of halogens is 1. The minimum absolute atomic E-state index is 0.0162. The molecule has 1 saturated heterocycles. The van der Waals surface area contributed by atoms with Crippen LogP contribution in [0.4, 0.5) is 0 Å². The van der Waals surface area contributed by atoms with Gasteiger partial charge in [0.15, 0.2) is 0 Å². The van der Waals surface area contributed by atoms with Crippen LogP contribution in [0, 0.1) is 0 Å². The topological polar surface area (TPSA) is 33.2 Å². The summed E-state index contributed by atoms with van der Waals surface area (Å²) in [7, 11) is 0. The molecule has 1 aliphatic rings. The Morgan fingerprint density at radius 1 is 0.926 bits per heavy atom. The predicted molar refractivity (Wildman–Crippen MR) is 109 cm³/mol. The maximum atomic E-state index is 13.3. The summed E-state index contributed by atoms with van der Waals surface area (Å²) in [6.45, 7) is 0.760. The molecule has 0 saturated carbocycles. The number of aromatic nitrogens is 1. The Kier molecular flexibility index (Phi) is 5.21. The van der Waals surface area contributed by atoms with E-state index in [4.69, 9.17) is 11.6 Å². The molecule has 27 heavy (non-hydrogen) atoms. The molecule has 0 bridgehead atoms. The minimum Gasteiger partial charge on any atom is -0.330 e. The molecular formula is C23H21ClN2O. The van der Waals surface area contributed by atoms with Crippen LogP contribution in [-0.2, 0) is 0 Å². The van der Waals surface area contributed by atoms with Crippen LogP contribution in [0.25, 0.3) is 11.3 Å². The highest BCUT2D eigenvalue weighted by molar-refractivity contribution is 6.33. The summed E-state index contributed by atoms with van der Waals surface area (Å²) in [5.74, 6) is -0.0162. The van der Waals surface area contributed by atoms with E-state index in [0.717, 1.165) is 37.1 Å². The van der Waals surface area contributed by atoms with Gasteiger partial charge in [-0.3, -0.25) is 4.79 Å². The third-order valence-corrected chi connectivity index (χ3v) is 5.40. The summed E-state index contributed by atoms with van der Waals surface area (Å²) in [6, 6.07) is 23.5. The van der Waals surface area contributed by atoms with Crippen molar-refractivity contribution in [3.63, 3.8) is 0 Å². The fourth-order valence-electron chi connectivity index (χ4n) is 3.72. The van der Waals surface area contributed by atoms with Gasteiger partial charge in [-0.2, -0.15) is 0 Å². The van der Waals surface area contributed by atoms with Crippen LogP contribution in [0.5, 0.6) is 0 Å². The number of rotatable bonds is 3. The molecule has 0 spiro atoms. The molecule has 0 aliphatic carbocycles. The van der Waals surface area contributed by atoms with Gasteiger partial charge in [0.25, 0.3) is 5.91 Å². The van der Waals surface area contributed by atoms with Crippen molar-refractivity contribution < 1.29 is 4.79 Å². The van der Waals surface area contributed by atoms with Gasteiger partial charge in [0, 0.05) is 17.1 Å². The smallest absolute Gasteiger partial charge is 0.272 e. The van der Waals surface area contributed by atoms with Crippen molar-refractivity contribution in [3.8, 4) is 11.3 Å². The monoisotopic (exact) mass is 376 g/mol. The number of hydrogen-bond acceptors (Lipinski definition) is 2. The van der Waals surface area contributed by atoms with Gasteiger partial charge < -0.3 is 4.90 Å². The van der Waals surface area contributed by atoms with Crippen molar-refractivity contribution in [2.24, 2.45) is 0 Å². The van der Waals surface area contributed by atoms with E-state index in [1.54, 1.807) is 6.07 Å². The summed E-state index contributed by atoms with van der Waals surface area (Å²) in [5, 5.41) is 0.634. The van der Waals surface area contributed by atoms with Crippen LogP contribution in [0.3, 0.4) is 0 Å². The van der Waals surface area contributed by atoms with Crippen molar-refractivity contribution in [2.75, 3.05) is 6.54 Å². The van der Waals surface area contributed by atoms with Gasteiger partial charge in [-0.25, -0.2) is 4.98 Å². The zero-order valence-electron chi connectivity index (χ0n) is 15.0. The molecule has 3 nitrogen and oxygen atoms in total. The lowest BCUT2D eigenvalue weighted by molar-refractivity contribution is 0.0605. The summed E-state index contributed by atoms with van der Waals surface area (Å²) >= 11 is 6.31. The van der Waals surface area contributed by atoms with Crippen LogP contribution in [-0.4, -0.2) is 22.3 Å². The van der Waals surface area contributed by atoms with Crippen molar-refractivity contribution in [1.82, 2.24) is 9.88 Å². The maximum Gasteiger partial charge on any atom is 0.272 e. The summed E-state index contributed by atoms with van der Waals surface area (Å²) < 4.78 is 0. The second-order valence-electron chi connectivity index (χ2n) is 6.81. The minimum atomic E-state index is -0.0162. The highest BCUT2D eigenvalue weighted by Gasteiger charge is 2.29. The van der Waals surface area contributed by atoms with Crippen molar-refractivity contribution in [3.05, 3.63) is 89.1 Å². The lowest BCUT2D eigenvalue weighted by Crippen LogP contribution is -2.38. The molecule has 2 heterocycles. The average Bonchev–Trinajstić information content (AvgIpc) is 2.74. The number of benzene rings is 2. The summed E-state index contributed by atoms with van der Waals surface area (Å²) in [4.78, 5) is 19.9. The average molecular weight is 377 g/mol. The molecule has 1 aliphatic heterocycles. The zero-order chi connectivity index (χ0) is 18.6. The van der Waals surface area contributed by atoms with Gasteiger partial charge in [-0.1, -0.05) is 66.2 Å². The van der Waals surface area contributed by atoms with Crippen LogP contribution < -0.4 is 0 Å². The van der Waals surface area contributed by atoms with E-state index in [1.165, 1.54) is 5.56 Å². The number of nitrogens with zero attached hydrogens (tertiary/aromatic N) is 2. The number of carbonyl (C=O) groups is 1. The fourth-order valence-corrected chi connectivity index (χ4v) is 3.95. The standard InChI is InChI=1S/C23H21ClN2O/c24-19-12-5-4-11-18(19)20-13-8-14-21(25-20)23(27)26-16-7-6-15-22(26)17-9-2-1-3-10-17/h1-5,8-14,22H,6-7,15-16H2. The molecule has 1 unspecified atom stereocenters. The van der Waals surface area contributed by atoms with E-state index in [9.17, 15) is 4.79 Å².